The number of nitrogens with zero attached hydrogens (tertiary/aromatic N) is 6. The summed E-state index contributed by atoms with van der Waals surface area (Å²) >= 11 is 0. The molecule has 15 aromatic rings. The van der Waals surface area contributed by atoms with E-state index in [1.165, 1.54) is 32.7 Å². The SMILES string of the molecule is CC(C)(C)c1ccc2c(c1)c1c3c(c4c5cc(C(C)(C)C)ccc5n5c4c1n1c4ccc6c7ccccc7oc6c4nc51)n1c4ccc5c6ccccc6oc5c4nc1n23. The van der Waals surface area contributed by atoms with E-state index in [1.807, 2.05) is 24.3 Å². The predicted octanol–water partition coefficient (Wildman–Crippen LogP) is 13.7. The normalized spacial score (nSPS) is 13.8. The van der Waals surface area contributed by atoms with Gasteiger partial charge in [0.2, 0.25) is 11.6 Å². The third kappa shape index (κ3) is 3.44. The standard InChI is InChI=1S/C52H36N6O2/c1-51(2,3)25-15-19-33-31(23-25)39-43-46(58-36-22-18-30-28-12-8-10-14-38(28)60-48(30)42(36)53-49(58)55(33)43)40-32-24-26(52(4,5)6)16-20-34(32)56-44(40)45(39)57-35-21-17-29-27-11-7-9-13-37(27)59-47(29)41(35)54-50(56)57/h7-24H,1-6H3. The van der Waals surface area contributed by atoms with Gasteiger partial charge >= 0.3 is 0 Å². The van der Waals surface area contributed by atoms with Crippen molar-refractivity contribution in [1.29, 1.82) is 0 Å². The Hall–Kier alpha value is -7.32. The summed E-state index contributed by atoms with van der Waals surface area (Å²) < 4.78 is 22.9. The van der Waals surface area contributed by atoms with Crippen LogP contribution in [0.1, 0.15) is 52.7 Å². The Morgan fingerprint density at radius 1 is 0.400 bits per heavy atom. The van der Waals surface area contributed by atoms with E-state index in [2.05, 4.69) is 144 Å². The molecule has 0 fully saturated rings. The zero-order valence-corrected chi connectivity index (χ0v) is 33.9. The quantitative estimate of drug-likeness (QED) is 0.154. The van der Waals surface area contributed by atoms with Gasteiger partial charge in [0.05, 0.1) is 44.1 Å². The maximum atomic E-state index is 6.64. The van der Waals surface area contributed by atoms with E-state index in [0.717, 1.165) is 111 Å². The summed E-state index contributed by atoms with van der Waals surface area (Å²) in [6.07, 6.45) is 0. The predicted molar refractivity (Wildman–Crippen MR) is 245 cm³/mol. The average molecular weight is 777 g/mol. The van der Waals surface area contributed by atoms with Crippen LogP contribution >= 0.6 is 0 Å². The molecule has 0 saturated carbocycles. The average Bonchev–Trinajstić information content (AvgIpc) is 4.09. The lowest BCUT2D eigenvalue weighted by molar-refractivity contribution is 0.591. The monoisotopic (exact) mass is 776 g/mol. The Kier molecular flexibility index (Phi) is 5.14. The van der Waals surface area contributed by atoms with Crippen molar-refractivity contribution >= 4 is 132 Å². The van der Waals surface area contributed by atoms with E-state index >= 15 is 0 Å². The van der Waals surface area contributed by atoms with Crippen LogP contribution < -0.4 is 0 Å². The number of aromatic nitrogens is 6. The molecular weight excluding hydrogens is 741 g/mol. The number of rotatable bonds is 0. The van der Waals surface area contributed by atoms with E-state index in [-0.39, 0.29) is 10.8 Å². The number of fused-ring (bicyclic) bond motifs is 26. The number of benzene rings is 7. The molecule has 0 unspecified atom stereocenters. The molecule has 0 saturated heterocycles. The lowest BCUT2D eigenvalue weighted by atomic mass is 9.86. The summed E-state index contributed by atoms with van der Waals surface area (Å²) in [6, 6.07) is 39.6. The topological polar surface area (TPSA) is 69.7 Å². The molecule has 0 aliphatic rings. The van der Waals surface area contributed by atoms with Gasteiger partial charge in [-0.2, -0.15) is 0 Å². The highest BCUT2D eigenvalue weighted by Gasteiger charge is 2.33. The van der Waals surface area contributed by atoms with E-state index in [1.54, 1.807) is 0 Å². The van der Waals surface area contributed by atoms with Crippen LogP contribution in [0.15, 0.2) is 118 Å². The molecule has 0 radical (unpaired) electrons. The van der Waals surface area contributed by atoms with Crippen LogP contribution in [-0.2, 0) is 10.8 Å². The van der Waals surface area contributed by atoms with E-state index < -0.39 is 0 Å². The first kappa shape index (κ1) is 31.6. The largest absolute Gasteiger partial charge is 0.454 e. The molecule has 0 spiro atoms. The molecule has 0 aliphatic carbocycles. The fourth-order valence-corrected chi connectivity index (χ4v) is 10.9. The summed E-state index contributed by atoms with van der Waals surface area (Å²) in [7, 11) is 0. The van der Waals surface area contributed by atoms with Crippen LogP contribution in [0.25, 0.3) is 132 Å². The minimum atomic E-state index is -0.0575. The smallest absolute Gasteiger partial charge is 0.220 e. The first-order chi connectivity index (χ1) is 29.0. The molecule has 8 heterocycles. The number of hydrogen-bond donors (Lipinski definition) is 0. The molecule has 286 valence electrons. The molecule has 60 heavy (non-hydrogen) atoms. The van der Waals surface area contributed by atoms with Crippen molar-refractivity contribution in [3.63, 3.8) is 0 Å². The van der Waals surface area contributed by atoms with Gasteiger partial charge in [0, 0.05) is 43.1 Å². The van der Waals surface area contributed by atoms with Crippen LogP contribution in [0.5, 0.6) is 0 Å². The number of imidazole rings is 4. The van der Waals surface area contributed by atoms with Crippen LogP contribution in [0, 0.1) is 0 Å². The van der Waals surface area contributed by atoms with Crippen molar-refractivity contribution in [3.05, 3.63) is 120 Å². The van der Waals surface area contributed by atoms with Crippen LogP contribution in [0.2, 0.25) is 0 Å². The van der Waals surface area contributed by atoms with Gasteiger partial charge in [-0.15, -0.1) is 0 Å². The van der Waals surface area contributed by atoms with Gasteiger partial charge < -0.3 is 8.83 Å². The molecule has 15 rings (SSSR count). The van der Waals surface area contributed by atoms with E-state index in [9.17, 15) is 0 Å². The third-order valence-electron chi connectivity index (χ3n) is 13.7. The van der Waals surface area contributed by atoms with Gasteiger partial charge in [-0.25, -0.2) is 9.97 Å². The third-order valence-corrected chi connectivity index (χ3v) is 13.7. The van der Waals surface area contributed by atoms with Gasteiger partial charge in [0.15, 0.2) is 11.2 Å². The maximum absolute atomic E-state index is 6.64. The van der Waals surface area contributed by atoms with Gasteiger partial charge in [0.1, 0.15) is 22.2 Å². The van der Waals surface area contributed by atoms with Crippen molar-refractivity contribution in [2.45, 2.75) is 52.4 Å². The molecule has 7 aromatic carbocycles. The second kappa shape index (κ2) is 9.75. The summed E-state index contributed by atoms with van der Waals surface area (Å²) in [5.41, 5.74) is 16.5. The zero-order chi connectivity index (χ0) is 39.9. The second-order valence-electron chi connectivity index (χ2n) is 19.1. The summed E-state index contributed by atoms with van der Waals surface area (Å²) in [5, 5.41) is 9.16. The molecule has 0 aliphatic heterocycles. The Morgan fingerprint density at radius 3 is 1.20 bits per heavy atom. The van der Waals surface area contributed by atoms with Crippen molar-refractivity contribution in [2.24, 2.45) is 0 Å². The molecule has 8 nitrogen and oxygen atoms in total. The van der Waals surface area contributed by atoms with Crippen molar-refractivity contribution < 1.29 is 8.83 Å². The molecule has 8 aromatic heterocycles. The lowest BCUT2D eigenvalue weighted by Crippen LogP contribution is -2.10. The molecule has 0 amide bonds. The van der Waals surface area contributed by atoms with Crippen molar-refractivity contribution in [1.82, 2.24) is 27.6 Å². The van der Waals surface area contributed by atoms with E-state index in [4.69, 9.17) is 18.8 Å². The van der Waals surface area contributed by atoms with Gasteiger partial charge in [-0.1, -0.05) is 90.1 Å². The second-order valence-corrected chi connectivity index (χ2v) is 19.1. The van der Waals surface area contributed by atoms with Crippen LogP contribution in [0.4, 0.5) is 0 Å². The minimum Gasteiger partial charge on any atom is -0.454 e. The van der Waals surface area contributed by atoms with Crippen molar-refractivity contribution in [3.8, 4) is 0 Å². The van der Waals surface area contributed by atoms with Gasteiger partial charge in [-0.05, 0) is 82.6 Å². The highest BCUT2D eigenvalue weighted by Crippen LogP contribution is 2.51. The van der Waals surface area contributed by atoms with Gasteiger partial charge in [0.25, 0.3) is 0 Å². The Balaban J connectivity index is 1.25. The highest BCUT2D eigenvalue weighted by molar-refractivity contribution is 6.37. The highest BCUT2D eigenvalue weighted by atomic mass is 16.3. The Labute approximate surface area is 340 Å². The molecular formula is C52H36N6O2. The maximum Gasteiger partial charge on any atom is 0.220 e. The number of para-hydroxylation sites is 2. The lowest BCUT2D eigenvalue weighted by Gasteiger charge is -2.19. The fourth-order valence-electron chi connectivity index (χ4n) is 10.9. The zero-order valence-electron chi connectivity index (χ0n) is 33.9. The minimum absolute atomic E-state index is 0.0575. The van der Waals surface area contributed by atoms with E-state index in [0.29, 0.717) is 0 Å². The Morgan fingerprint density at radius 2 is 0.783 bits per heavy atom. The number of furan rings is 2. The van der Waals surface area contributed by atoms with Crippen LogP contribution in [-0.4, -0.2) is 27.6 Å². The van der Waals surface area contributed by atoms with Gasteiger partial charge in [-0.3, -0.25) is 17.6 Å². The first-order valence-corrected chi connectivity index (χ1v) is 20.8. The van der Waals surface area contributed by atoms with Crippen molar-refractivity contribution in [2.75, 3.05) is 0 Å². The molecule has 0 N–H and O–H groups in total. The molecule has 0 bridgehead atoms. The fraction of sp³-hybridized carbons (Fsp3) is 0.154. The van der Waals surface area contributed by atoms with Crippen LogP contribution in [0.3, 0.4) is 0 Å². The number of hydrogen-bond acceptors (Lipinski definition) is 4. The Bertz CT molecular complexity index is 4150. The molecule has 8 heteroatoms. The summed E-state index contributed by atoms with van der Waals surface area (Å²) in [4.78, 5) is 11.2. The summed E-state index contributed by atoms with van der Waals surface area (Å²) in [5.74, 6) is 1.76. The summed E-state index contributed by atoms with van der Waals surface area (Å²) in [6.45, 7) is 13.8. The molecule has 0 atom stereocenters. The first-order valence-electron chi connectivity index (χ1n) is 20.8.